The van der Waals surface area contributed by atoms with E-state index in [1.165, 1.54) is 13.2 Å². The number of carboxylic acids is 1. The van der Waals surface area contributed by atoms with Crippen LogP contribution in [-0.4, -0.2) is 18.2 Å². The number of hydrogen-bond donors (Lipinski definition) is 1. The first-order valence-corrected chi connectivity index (χ1v) is 5.02. The van der Waals surface area contributed by atoms with Gasteiger partial charge in [-0.3, -0.25) is 0 Å². The Morgan fingerprint density at radius 1 is 1.56 bits per heavy atom. The smallest absolute Gasteiger partial charge is 0.335 e. The molecule has 0 aromatic heterocycles. The molecule has 0 unspecified atom stereocenters. The lowest BCUT2D eigenvalue weighted by Gasteiger charge is -2.10. The van der Waals surface area contributed by atoms with Gasteiger partial charge in [-0.1, -0.05) is 0 Å². The van der Waals surface area contributed by atoms with E-state index in [1.807, 2.05) is 6.07 Å². The zero-order valence-electron chi connectivity index (χ0n) is 8.86. The first kappa shape index (κ1) is 10.5. The van der Waals surface area contributed by atoms with Crippen molar-refractivity contribution in [1.82, 2.24) is 0 Å². The first-order valence-electron chi connectivity index (χ1n) is 5.02. The second kappa shape index (κ2) is 3.86. The standard InChI is InChI=1S/C12H11NO3/c1-16-11-9(6-13)4-8(12(14)15)5-10(11)7-2-3-7/h4-5,7H,2-3H2,1H3,(H,14,15). The third-order valence-corrected chi connectivity index (χ3v) is 2.71. The van der Waals surface area contributed by atoms with E-state index < -0.39 is 5.97 Å². The summed E-state index contributed by atoms with van der Waals surface area (Å²) in [7, 11) is 1.50. The molecule has 0 amide bonds. The predicted octanol–water partition coefficient (Wildman–Crippen LogP) is 2.14. The maximum absolute atomic E-state index is 10.9. The van der Waals surface area contributed by atoms with Crippen molar-refractivity contribution >= 4 is 5.97 Å². The van der Waals surface area contributed by atoms with E-state index in [4.69, 9.17) is 15.1 Å². The lowest BCUT2D eigenvalue weighted by molar-refractivity contribution is 0.0696. The van der Waals surface area contributed by atoms with Crippen LogP contribution in [0.4, 0.5) is 0 Å². The minimum absolute atomic E-state index is 0.152. The van der Waals surface area contributed by atoms with Gasteiger partial charge in [-0.05, 0) is 36.5 Å². The molecule has 0 heterocycles. The van der Waals surface area contributed by atoms with Gasteiger partial charge >= 0.3 is 5.97 Å². The molecule has 1 aromatic rings. The average molecular weight is 217 g/mol. The predicted molar refractivity (Wildman–Crippen MR) is 56.6 cm³/mol. The van der Waals surface area contributed by atoms with Gasteiger partial charge in [-0.15, -0.1) is 0 Å². The second-order valence-electron chi connectivity index (χ2n) is 3.84. The van der Waals surface area contributed by atoms with Crippen LogP contribution in [0.5, 0.6) is 5.75 Å². The third kappa shape index (κ3) is 1.72. The summed E-state index contributed by atoms with van der Waals surface area (Å²) in [6.07, 6.45) is 2.06. The lowest BCUT2D eigenvalue weighted by atomic mass is 10.0. The summed E-state index contributed by atoms with van der Waals surface area (Å²) in [4.78, 5) is 10.9. The fraction of sp³-hybridized carbons (Fsp3) is 0.333. The van der Waals surface area contributed by atoms with Gasteiger partial charge in [0.15, 0.2) is 0 Å². The number of carboxylic acid groups (broad SMARTS) is 1. The average Bonchev–Trinajstić information content (AvgIpc) is 3.10. The van der Waals surface area contributed by atoms with E-state index in [0.29, 0.717) is 17.2 Å². The van der Waals surface area contributed by atoms with E-state index >= 15 is 0 Å². The maximum Gasteiger partial charge on any atom is 0.335 e. The van der Waals surface area contributed by atoms with Crippen LogP contribution in [0.1, 0.15) is 40.2 Å². The first-order chi connectivity index (χ1) is 7.67. The summed E-state index contributed by atoms with van der Waals surface area (Å²) in [5.74, 6) is -0.141. The normalized spacial score (nSPS) is 14.2. The zero-order valence-corrected chi connectivity index (χ0v) is 8.86. The molecule has 1 aliphatic rings. The number of carbonyl (C=O) groups is 1. The Morgan fingerprint density at radius 3 is 2.69 bits per heavy atom. The molecule has 0 spiro atoms. The highest BCUT2D eigenvalue weighted by molar-refractivity contribution is 5.89. The number of hydrogen-bond acceptors (Lipinski definition) is 3. The van der Waals surface area contributed by atoms with Gasteiger partial charge in [0.1, 0.15) is 11.8 Å². The van der Waals surface area contributed by atoms with Gasteiger partial charge in [0.2, 0.25) is 0 Å². The van der Waals surface area contributed by atoms with E-state index in [2.05, 4.69) is 0 Å². The summed E-state index contributed by atoms with van der Waals surface area (Å²) in [6, 6.07) is 4.94. The van der Waals surface area contributed by atoms with Crippen molar-refractivity contribution in [3.8, 4) is 11.8 Å². The highest BCUT2D eigenvalue weighted by atomic mass is 16.5. The lowest BCUT2D eigenvalue weighted by Crippen LogP contribution is -2.02. The molecule has 16 heavy (non-hydrogen) atoms. The Morgan fingerprint density at radius 2 is 2.25 bits per heavy atom. The van der Waals surface area contributed by atoms with Crippen LogP contribution in [0.2, 0.25) is 0 Å². The number of aromatic carboxylic acids is 1. The molecule has 1 aliphatic carbocycles. The largest absolute Gasteiger partial charge is 0.495 e. The fourth-order valence-corrected chi connectivity index (χ4v) is 1.78. The number of rotatable bonds is 3. The summed E-state index contributed by atoms with van der Waals surface area (Å²) in [5, 5.41) is 17.9. The maximum atomic E-state index is 10.9. The van der Waals surface area contributed by atoms with Gasteiger partial charge in [0.05, 0.1) is 18.2 Å². The molecule has 4 heteroatoms. The Hall–Kier alpha value is -2.02. The quantitative estimate of drug-likeness (QED) is 0.842. The van der Waals surface area contributed by atoms with E-state index in [9.17, 15) is 4.79 Å². The molecule has 4 nitrogen and oxygen atoms in total. The number of methoxy groups -OCH3 is 1. The third-order valence-electron chi connectivity index (χ3n) is 2.71. The van der Waals surface area contributed by atoms with E-state index in [0.717, 1.165) is 18.4 Å². The van der Waals surface area contributed by atoms with Gasteiger partial charge in [-0.2, -0.15) is 5.26 Å². The molecule has 1 saturated carbocycles. The molecule has 0 atom stereocenters. The molecule has 82 valence electrons. The van der Waals surface area contributed by atoms with Gasteiger partial charge in [0.25, 0.3) is 0 Å². The summed E-state index contributed by atoms with van der Waals surface area (Å²) in [5.41, 5.74) is 1.29. The summed E-state index contributed by atoms with van der Waals surface area (Å²) in [6.45, 7) is 0. The molecule has 2 rings (SSSR count). The van der Waals surface area contributed by atoms with Gasteiger partial charge < -0.3 is 9.84 Å². The van der Waals surface area contributed by atoms with Crippen molar-refractivity contribution < 1.29 is 14.6 Å². The van der Waals surface area contributed by atoms with Crippen LogP contribution in [-0.2, 0) is 0 Å². The number of nitriles is 1. The van der Waals surface area contributed by atoms with Crippen molar-refractivity contribution in [2.45, 2.75) is 18.8 Å². The SMILES string of the molecule is COc1c(C#N)cc(C(=O)O)cc1C1CC1. The van der Waals surface area contributed by atoms with Crippen molar-refractivity contribution in [2.24, 2.45) is 0 Å². The molecule has 0 aliphatic heterocycles. The molecule has 0 saturated heterocycles. The Bertz CT molecular complexity index is 484. The molecular weight excluding hydrogens is 206 g/mol. The van der Waals surface area contributed by atoms with Crippen LogP contribution in [0.15, 0.2) is 12.1 Å². The minimum Gasteiger partial charge on any atom is -0.495 e. The number of benzene rings is 1. The van der Waals surface area contributed by atoms with Crippen molar-refractivity contribution in [3.05, 3.63) is 28.8 Å². The van der Waals surface area contributed by atoms with Crippen molar-refractivity contribution in [2.75, 3.05) is 7.11 Å². The highest BCUT2D eigenvalue weighted by Gasteiger charge is 2.29. The van der Waals surface area contributed by atoms with E-state index in [-0.39, 0.29) is 5.56 Å². The molecule has 0 radical (unpaired) electrons. The molecule has 1 fully saturated rings. The Kier molecular flexibility index (Phi) is 2.53. The summed E-state index contributed by atoms with van der Waals surface area (Å²) >= 11 is 0. The van der Waals surface area contributed by atoms with Gasteiger partial charge in [0, 0.05) is 0 Å². The van der Waals surface area contributed by atoms with Crippen LogP contribution >= 0.6 is 0 Å². The van der Waals surface area contributed by atoms with E-state index in [1.54, 1.807) is 6.07 Å². The zero-order chi connectivity index (χ0) is 11.7. The van der Waals surface area contributed by atoms with Crippen LogP contribution in [0.25, 0.3) is 0 Å². The minimum atomic E-state index is -1.01. The van der Waals surface area contributed by atoms with Gasteiger partial charge in [-0.25, -0.2) is 4.79 Å². The highest BCUT2D eigenvalue weighted by Crippen LogP contribution is 2.45. The number of ether oxygens (including phenoxy) is 1. The molecule has 0 bridgehead atoms. The van der Waals surface area contributed by atoms with Crippen LogP contribution in [0, 0.1) is 11.3 Å². The summed E-state index contributed by atoms with van der Waals surface area (Å²) < 4.78 is 5.19. The molecule has 1 N–H and O–H groups in total. The van der Waals surface area contributed by atoms with Crippen LogP contribution < -0.4 is 4.74 Å². The second-order valence-corrected chi connectivity index (χ2v) is 3.84. The Balaban J connectivity index is 2.60. The molecule has 1 aromatic carbocycles. The number of nitrogens with zero attached hydrogens (tertiary/aromatic N) is 1. The van der Waals surface area contributed by atoms with Crippen molar-refractivity contribution in [3.63, 3.8) is 0 Å². The van der Waals surface area contributed by atoms with Crippen LogP contribution in [0.3, 0.4) is 0 Å². The van der Waals surface area contributed by atoms with Crippen molar-refractivity contribution in [1.29, 1.82) is 5.26 Å². The Labute approximate surface area is 93.1 Å². The topological polar surface area (TPSA) is 70.3 Å². The molecular formula is C12H11NO3. The fourth-order valence-electron chi connectivity index (χ4n) is 1.78. The monoisotopic (exact) mass is 217 g/mol.